The summed E-state index contributed by atoms with van der Waals surface area (Å²) >= 11 is 0. The zero-order chi connectivity index (χ0) is 17.8. The lowest BCUT2D eigenvalue weighted by Gasteiger charge is -2.11. The number of nitrogens with one attached hydrogen (secondary N) is 1. The predicted octanol–water partition coefficient (Wildman–Crippen LogP) is 5.05. The zero-order valence-corrected chi connectivity index (χ0v) is 14.5. The molecule has 0 saturated heterocycles. The Morgan fingerprint density at radius 2 is 1.76 bits per heavy atom. The fourth-order valence-electron chi connectivity index (χ4n) is 2.56. The molecule has 4 heteroatoms. The van der Waals surface area contributed by atoms with E-state index < -0.39 is 0 Å². The molecule has 4 nitrogen and oxygen atoms in total. The van der Waals surface area contributed by atoms with Gasteiger partial charge in [0.25, 0.3) is 5.91 Å². The average Bonchev–Trinajstić information content (AvgIpc) is 2.57. The van der Waals surface area contributed by atoms with Crippen molar-refractivity contribution in [1.82, 2.24) is 4.98 Å². The first-order valence-electron chi connectivity index (χ1n) is 8.12. The summed E-state index contributed by atoms with van der Waals surface area (Å²) in [6.07, 6.45) is 0. The summed E-state index contributed by atoms with van der Waals surface area (Å²) in [6.45, 7) is 5.73. The number of nitrogens with zero attached hydrogens (tertiary/aromatic N) is 1. The quantitative estimate of drug-likeness (QED) is 0.727. The number of carbonyl (C=O) groups excluding carboxylic acids is 1. The number of hydrogen-bond donors (Lipinski definition) is 1. The molecule has 0 spiro atoms. The summed E-state index contributed by atoms with van der Waals surface area (Å²) in [6, 6.07) is 18.8. The molecule has 2 aromatic carbocycles. The molecule has 0 aliphatic heterocycles. The van der Waals surface area contributed by atoms with Crippen molar-refractivity contribution in [3.63, 3.8) is 0 Å². The van der Waals surface area contributed by atoms with Gasteiger partial charge >= 0.3 is 0 Å². The van der Waals surface area contributed by atoms with Crippen LogP contribution in [0.3, 0.4) is 0 Å². The number of amides is 1. The van der Waals surface area contributed by atoms with Crippen molar-refractivity contribution in [3.8, 4) is 11.5 Å². The summed E-state index contributed by atoms with van der Waals surface area (Å²) in [5, 5.41) is 2.90. The van der Waals surface area contributed by atoms with E-state index in [4.69, 9.17) is 4.74 Å². The van der Waals surface area contributed by atoms with Crippen molar-refractivity contribution in [2.45, 2.75) is 20.8 Å². The van der Waals surface area contributed by atoms with Crippen LogP contribution in [0.5, 0.6) is 11.5 Å². The second kappa shape index (κ2) is 7.18. The molecule has 0 aliphatic rings. The number of benzene rings is 2. The lowest BCUT2D eigenvalue weighted by atomic mass is 10.1. The Labute approximate surface area is 147 Å². The molecule has 1 aromatic heterocycles. The standard InChI is InChI=1S/C21H20N2O2/c1-14-7-4-5-10-20(14)25-18-9-6-8-17(13-18)23-21(24)19-12-11-15(2)22-16(19)3/h4-13H,1-3H3,(H,23,24). The van der Waals surface area contributed by atoms with Crippen LogP contribution >= 0.6 is 0 Å². The first-order valence-corrected chi connectivity index (χ1v) is 8.12. The Morgan fingerprint density at radius 3 is 2.52 bits per heavy atom. The van der Waals surface area contributed by atoms with Gasteiger partial charge in [-0.05, 0) is 56.7 Å². The molecule has 0 unspecified atom stereocenters. The Hall–Kier alpha value is -3.14. The Kier molecular flexibility index (Phi) is 4.80. The molecule has 1 N–H and O–H groups in total. The van der Waals surface area contributed by atoms with Crippen molar-refractivity contribution in [1.29, 1.82) is 0 Å². The molecule has 0 aliphatic carbocycles. The highest BCUT2D eigenvalue weighted by Gasteiger charge is 2.11. The summed E-state index contributed by atoms with van der Waals surface area (Å²) in [4.78, 5) is 16.8. The van der Waals surface area contributed by atoms with E-state index in [1.165, 1.54) is 0 Å². The van der Waals surface area contributed by atoms with Crippen LogP contribution in [0.15, 0.2) is 60.7 Å². The topological polar surface area (TPSA) is 51.2 Å². The number of pyridine rings is 1. The van der Waals surface area contributed by atoms with Gasteiger partial charge in [-0.25, -0.2) is 0 Å². The maximum absolute atomic E-state index is 12.5. The minimum absolute atomic E-state index is 0.182. The van der Waals surface area contributed by atoms with Gasteiger partial charge in [-0.15, -0.1) is 0 Å². The third-order valence-electron chi connectivity index (χ3n) is 3.88. The maximum Gasteiger partial charge on any atom is 0.257 e. The minimum Gasteiger partial charge on any atom is -0.457 e. The monoisotopic (exact) mass is 332 g/mol. The SMILES string of the molecule is Cc1ccc(C(=O)Nc2cccc(Oc3ccccc3C)c2)c(C)n1. The lowest BCUT2D eigenvalue weighted by Crippen LogP contribution is -2.14. The van der Waals surface area contributed by atoms with E-state index in [0.29, 0.717) is 22.7 Å². The number of aryl methyl sites for hydroxylation is 3. The van der Waals surface area contributed by atoms with Gasteiger partial charge in [-0.2, -0.15) is 0 Å². The summed E-state index contributed by atoms with van der Waals surface area (Å²) < 4.78 is 5.91. The molecule has 0 atom stereocenters. The van der Waals surface area contributed by atoms with Crippen molar-refractivity contribution in [3.05, 3.63) is 83.2 Å². The van der Waals surface area contributed by atoms with E-state index in [0.717, 1.165) is 17.0 Å². The van der Waals surface area contributed by atoms with Gasteiger partial charge in [-0.3, -0.25) is 9.78 Å². The van der Waals surface area contributed by atoms with Gasteiger partial charge in [0, 0.05) is 17.4 Å². The zero-order valence-electron chi connectivity index (χ0n) is 14.5. The number of aromatic nitrogens is 1. The molecule has 3 aromatic rings. The van der Waals surface area contributed by atoms with Crippen molar-refractivity contribution >= 4 is 11.6 Å². The van der Waals surface area contributed by atoms with Crippen LogP contribution < -0.4 is 10.1 Å². The molecular formula is C21H20N2O2. The lowest BCUT2D eigenvalue weighted by molar-refractivity contribution is 0.102. The van der Waals surface area contributed by atoms with Crippen LogP contribution in [0.1, 0.15) is 27.3 Å². The minimum atomic E-state index is -0.182. The van der Waals surface area contributed by atoms with E-state index in [-0.39, 0.29) is 5.91 Å². The van der Waals surface area contributed by atoms with Gasteiger partial charge in [0.15, 0.2) is 0 Å². The highest BCUT2D eigenvalue weighted by atomic mass is 16.5. The van der Waals surface area contributed by atoms with E-state index in [9.17, 15) is 4.79 Å². The Morgan fingerprint density at radius 1 is 0.960 bits per heavy atom. The fraction of sp³-hybridized carbons (Fsp3) is 0.143. The molecular weight excluding hydrogens is 312 g/mol. The van der Waals surface area contributed by atoms with Gasteiger partial charge < -0.3 is 10.1 Å². The van der Waals surface area contributed by atoms with E-state index in [2.05, 4.69) is 10.3 Å². The van der Waals surface area contributed by atoms with Gasteiger partial charge in [0.1, 0.15) is 11.5 Å². The number of anilines is 1. The van der Waals surface area contributed by atoms with Gasteiger partial charge in [0.2, 0.25) is 0 Å². The predicted molar refractivity (Wildman–Crippen MR) is 99.4 cm³/mol. The van der Waals surface area contributed by atoms with Gasteiger partial charge in [0.05, 0.1) is 11.3 Å². The molecule has 0 fully saturated rings. The van der Waals surface area contributed by atoms with E-state index in [1.807, 2.05) is 69.3 Å². The third kappa shape index (κ3) is 4.04. The third-order valence-corrected chi connectivity index (χ3v) is 3.88. The summed E-state index contributed by atoms with van der Waals surface area (Å²) in [5.74, 6) is 1.29. The van der Waals surface area contributed by atoms with Crippen molar-refractivity contribution in [2.24, 2.45) is 0 Å². The highest BCUT2D eigenvalue weighted by Crippen LogP contribution is 2.26. The normalized spacial score (nSPS) is 10.4. The van der Waals surface area contributed by atoms with Gasteiger partial charge in [-0.1, -0.05) is 24.3 Å². The number of carbonyl (C=O) groups is 1. The molecule has 126 valence electrons. The number of hydrogen-bond acceptors (Lipinski definition) is 3. The van der Waals surface area contributed by atoms with E-state index >= 15 is 0 Å². The summed E-state index contributed by atoms with van der Waals surface area (Å²) in [7, 11) is 0. The molecule has 3 rings (SSSR count). The summed E-state index contributed by atoms with van der Waals surface area (Å²) in [5.41, 5.74) is 3.90. The average molecular weight is 332 g/mol. The second-order valence-electron chi connectivity index (χ2n) is 5.94. The fourth-order valence-corrected chi connectivity index (χ4v) is 2.56. The van der Waals surface area contributed by atoms with Crippen LogP contribution in [0.2, 0.25) is 0 Å². The maximum atomic E-state index is 12.5. The molecule has 1 heterocycles. The van der Waals surface area contributed by atoms with Crippen molar-refractivity contribution < 1.29 is 9.53 Å². The van der Waals surface area contributed by atoms with Crippen molar-refractivity contribution in [2.75, 3.05) is 5.32 Å². The smallest absolute Gasteiger partial charge is 0.257 e. The van der Waals surface area contributed by atoms with Crippen LogP contribution in [0, 0.1) is 20.8 Å². The molecule has 0 radical (unpaired) electrons. The highest BCUT2D eigenvalue weighted by molar-refractivity contribution is 6.05. The Bertz CT molecular complexity index is 919. The second-order valence-corrected chi connectivity index (χ2v) is 5.94. The van der Waals surface area contributed by atoms with Crippen LogP contribution in [0.4, 0.5) is 5.69 Å². The molecule has 1 amide bonds. The van der Waals surface area contributed by atoms with Crippen LogP contribution in [-0.4, -0.2) is 10.9 Å². The largest absolute Gasteiger partial charge is 0.457 e. The first kappa shape index (κ1) is 16.7. The Balaban J connectivity index is 1.77. The molecule has 0 saturated carbocycles. The number of rotatable bonds is 4. The number of para-hydroxylation sites is 1. The first-order chi connectivity index (χ1) is 12.0. The molecule has 25 heavy (non-hydrogen) atoms. The number of ether oxygens (including phenoxy) is 1. The van der Waals surface area contributed by atoms with Crippen LogP contribution in [0.25, 0.3) is 0 Å². The molecule has 0 bridgehead atoms. The van der Waals surface area contributed by atoms with E-state index in [1.54, 1.807) is 12.1 Å². The van der Waals surface area contributed by atoms with Crippen LogP contribution in [-0.2, 0) is 0 Å².